The molecule has 0 radical (unpaired) electrons. The number of aryl methyl sites for hydroxylation is 1. The van der Waals surface area contributed by atoms with Crippen molar-refractivity contribution in [2.75, 3.05) is 5.75 Å². The molecule has 0 atom stereocenters. The van der Waals surface area contributed by atoms with Gasteiger partial charge >= 0.3 is 0 Å². The van der Waals surface area contributed by atoms with Crippen molar-refractivity contribution in [1.29, 1.82) is 0 Å². The van der Waals surface area contributed by atoms with Crippen LogP contribution in [0.3, 0.4) is 0 Å². The fraction of sp³-hybridized carbons (Fsp3) is 0.200. The number of nitrogens with zero attached hydrogens (tertiary/aromatic N) is 2. The number of hydrogen-bond donors (Lipinski definition) is 1. The summed E-state index contributed by atoms with van der Waals surface area (Å²) in [5.41, 5.74) is 3.44. The number of thioether (sulfide) groups is 1. The van der Waals surface area contributed by atoms with Gasteiger partial charge in [0.2, 0.25) is 5.91 Å². The molecule has 1 heterocycles. The molecule has 0 spiro atoms. The van der Waals surface area contributed by atoms with Crippen LogP contribution < -0.4 is 5.32 Å². The largest absolute Gasteiger partial charge is 0.351 e. The quantitative estimate of drug-likeness (QED) is 0.565. The molecule has 0 saturated heterocycles. The highest BCUT2D eigenvalue weighted by molar-refractivity contribution is 9.10. The molecule has 2 aromatic carbocycles. The summed E-state index contributed by atoms with van der Waals surface area (Å²) in [6.07, 6.45) is 3.71. The van der Waals surface area contributed by atoms with E-state index in [-0.39, 0.29) is 5.91 Å². The smallest absolute Gasteiger partial charge is 0.230 e. The van der Waals surface area contributed by atoms with Crippen LogP contribution >= 0.6 is 27.7 Å². The van der Waals surface area contributed by atoms with E-state index in [9.17, 15) is 4.79 Å². The number of carbonyl (C=O) groups is 1. The second-order valence-corrected chi connectivity index (χ2v) is 7.88. The summed E-state index contributed by atoms with van der Waals surface area (Å²) >= 11 is 5.02. The number of carbonyl (C=O) groups excluding carboxylic acids is 1. The predicted octanol–water partition coefficient (Wildman–Crippen LogP) is 4.41. The lowest BCUT2D eigenvalue weighted by Gasteiger charge is -2.11. The van der Waals surface area contributed by atoms with E-state index in [0.29, 0.717) is 18.8 Å². The number of nitrogens with one attached hydrogen (secondary N) is 1. The number of aromatic nitrogens is 2. The van der Waals surface area contributed by atoms with E-state index in [1.54, 1.807) is 18.0 Å². The van der Waals surface area contributed by atoms with Crippen LogP contribution in [-0.4, -0.2) is 21.4 Å². The Balaban J connectivity index is 1.54. The SMILES string of the molecule is Cc1cc(Br)ccc1SCC(=O)NCc1ccccc1Cn1cccn1. The Morgan fingerprint density at radius 1 is 1.19 bits per heavy atom. The number of rotatable bonds is 7. The number of halogens is 1. The minimum Gasteiger partial charge on any atom is -0.351 e. The van der Waals surface area contributed by atoms with Gasteiger partial charge in [-0.05, 0) is 47.9 Å². The highest BCUT2D eigenvalue weighted by Gasteiger charge is 2.08. The molecule has 0 bridgehead atoms. The van der Waals surface area contributed by atoms with Gasteiger partial charge in [-0.25, -0.2) is 0 Å². The summed E-state index contributed by atoms with van der Waals surface area (Å²) in [6.45, 7) is 3.28. The van der Waals surface area contributed by atoms with E-state index in [1.165, 1.54) is 5.56 Å². The molecule has 1 N–H and O–H groups in total. The Bertz CT molecular complexity index is 881. The van der Waals surface area contributed by atoms with Crippen molar-refractivity contribution in [3.05, 3.63) is 82.1 Å². The lowest BCUT2D eigenvalue weighted by molar-refractivity contribution is -0.118. The van der Waals surface area contributed by atoms with Crippen molar-refractivity contribution in [2.45, 2.75) is 24.9 Å². The van der Waals surface area contributed by atoms with Crippen LogP contribution in [0.25, 0.3) is 0 Å². The van der Waals surface area contributed by atoms with Crippen molar-refractivity contribution in [2.24, 2.45) is 0 Å². The zero-order valence-electron chi connectivity index (χ0n) is 14.5. The van der Waals surface area contributed by atoms with Crippen LogP contribution in [0.2, 0.25) is 0 Å². The third-order valence-corrected chi connectivity index (χ3v) is 5.65. The first-order chi connectivity index (χ1) is 12.6. The molecule has 4 nitrogen and oxygen atoms in total. The molecule has 3 rings (SSSR count). The summed E-state index contributed by atoms with van der Waals surface area (Å²) in [5.74, 6) is 0.440. The number of amides is 1. The topological polar surface area (TPSA) is 46.9 Å². The van der Waals surface area contributed by atoms with Crippen LogP contribution in [0.15, 0.2) is 70.3 Å². The molecule has 26 heavy (non-hydrogen) atoms. The predicted molar refractivity (Wildman–Crippen MR) is 109 cm³/mol. The first kappa shape index (κ1) is 18.7. The standard InChI is InChI=1S/C20H20BrN3OS/c1-15-11-18(21)7-8-19(15)26-14-20(25)22-12-16-5-2-3-6-17(16)13-24-10-4-9-23-24/h2-11H,12-14H2,1H3,(H,22,25). The van der Waals surface area contributed by atoms with Crippen LogP contribution in [0.4, 0.5) is 0 Å². The van der Waals surface area contributed by atoms with Gasteiger partial charge in [0, 0.05) is 28.3 Å². The molecule has 0 unspecified atom stereocenters. The number of hydrogen-bond acceptors (Lipinski definition) is 3. The molecule has 1 aromatic heterocycles. The van der Waals surface area contributed by atoms with Crippen molar-refractivity contribution >= 4 is 33.6 Å². The lowest BCUT2D eigenvalue weighted by Crippen LogP contribution is -2.25. The van der Waals surface area contributed by atoms with E-state index < -0.39 is 0 Å². The molecule has 0 aliphatic rings. The fourth-order valence-electron chi connectivity index (χ4n) is 2.62. The first-order valence-electron chi connectivity index (χ1n) is 8.31. The highest BCUT2D eigenvalue weighted by atomic mass is 79.9. The van der Waals surface area contributed by atoms with Crippen molar-refractivity contribution in [1.82, 2.24) is 15.1 Å². The maximum atomic E-state index is 12.2. The van der Waals surface area contributed by atoms with Crippen molar-refractivity contribution in [3.8, 4) is 0 Å². The second-order valence-electron chi connectivity index (χ2n) is 5.95. The molecule has 134 valence electrons. The molecular formula is C20H20BrN3OS. The first-order valence-corrected chi connectivity index (χ1v) is 10.1. The normalized spacial score (nSPS) is 10.7. The molecule has 0 saturated carbocycles. The van der Waals surface area contributed by atoms with E-state index in [2.05, 4.69) is 45.4 Å². The maximum absolute atomic E-state index is 12.2. The van der Waals surface area contributed by atoms with E-state index >= 15 is 0 Å². The average molecular weight is 430 g/mol. The minimum atomic E-state index is 0.0335. The second kappa shape index (κ2) is 9.05. The Labute approximate surface area is 166 Å². The zero-order chi connectivity index (χ0) is 18.4. The van der Waals surface area contributed by atoms with Crippen LogP contribution in [-0.2, 0) is 17.9 Å². The van der Waals surface area contributed by atoms with E-state index in [1.807, 2.05) is 47.3 Å². The molecule has 0 aliphatic heterocycles. The third-order valence-electron chi connectivity index (χ3n) is 3.98. The van der Waals surface area contributed by atoms with Gasteiger partial charge in [-0.15, -0.1) is 11.8 Å². The fourth-order valence-corrected chi connectivity index (χ4v) is 3.93. The molecule has 3 aromatic rings. The Kier molecular flexibility index (Phi) is 6.52. The third kappa shape index (κ3) is 5.22. The minimum absolute atomic E-state index is 0.0335. The summed E-state index contributed by atoms with van der Waals surface area (Å²) < 4.78 is 2.94. The van der Waals surface area contributed by atoms with Gasteiger partial charge in [0.05, 0.1) is 12.3 Å². The Morgan fingerprint density at radius 3 is 2.73 bits per heavy atom. The van der Waals surface area contributed by atoms with E-state index in [0.717, 1.165) is 20.5 Å². The van der Waals surface area contributed by atoms with Gasteiger partial charge in [-0.1, -0.05) is 40.2 Å². The lowest BCUT2D eigenvalue weighted by atomic mass is 10.1. The van der Waals surface area contributed by atoms with Gasteiger partial charge in [0.25, 0.3) is 0 Å². The van der Waals surface area contributed by atoms with Gasteiger partial charge in [-0.3, -0.25) is 9.48 Å². The van der Waals surface area contributed by atoms with E-state index in [4.69, 9.17) is 0 Å². The van der Waals surface area contributed by atoms with Crippen molar-refractivity contribution in [3.63, 3.8) is 0 Å². The summed E-state index contributed by atoms with van der Waals surface area (Å²) in [5, 5.41) is 7.27. The zero-order valence-corrected chi connectivity index (χ0v) is 16.9. The van der Waals surface area contributed by atoms with Crippen LogP contribution in [0, 0.1) is 6.92 Å². The molecule has 0 fully saturated rings. The molecule has 1 amide bonds. The summed E-state index contributed by atoms with van der Waals surface area (Å²) in [4.78, 5) is 13.4. The Morgan fingerprint density at radius 2 is 2.00 bits per heavy atom. The van der Waals surface area contributed by atoms with Gasteiger partial charge < -0.3 is 5.32 Å². The van der Waals surface area contributed by atoms with Gasteiger partial charge in [0.15, 0.2) is 0 Å². The Hall–Kier alpha value is -2.05. The monoisotopic (exact) mass is 429 g/mol. The van der Waals surface area contributed by atoms with Crippen LogP contribution in [0.5, 0.6) is 0 Å². The molecular weight excluding hydrogens is 410 g/mol. The highest BCUT2D eigenvalue weighted by Crippen LogP contribution is 2.25. The van der Waals surface area contributed by atoms with Gasteiger partial charge in [-0.2, -0.15) is 5.10 Å². The van der Waals surface area contributed by atoms with Gasteiger partial charge in [0.1, 0.15) is 0 Å². The maximum Gasteiger partial charge on any atom is 0.230 e. The average Bonchev–Trinajstić information content (AvgIpc) is 3.13. The molecule has 0 aliphatic carbocycles. The number of benzene rings is 2. The van der Waals surface area contributed by atoms with Crippen LogP contribution in [0.1, 0.15) is 16.7 Å². The summed E-state index contributed by atoms with van der Waals surface area (Å²) in [7, 11) is 0. The molecule has 6 heteroatoms. The van der Waals surface area contributed by atoms with Crippen molar-refractivity contribution < 1.29 is 4.79 Å². The summed E-state index contributed by atoms with van der Waals surface area (Å²) in [6, 6.07) is 16.1.